The Labute approximate surface area is 170 Å². The fourth-order valence-electron chi connectivity index (χ4n) is 4.93. The molecule has 28 heavy (non-hydrogen) atoms. The van der Waals surface area contributed by atoms with Crippen LogP contribution in [0.3, 0.4) is 0 Å². The number of quaternary nitrogens is 1. The normalized spacial score (nSPS) is 29.7. The second kappa shape index (κ2) is 7.37. The first-order valence-electron chi connectivity index (χ1n) is 9.86. The first-order valence-corrected chi connectivity index (χ1v) is 10.9. The van der Waals surface area contributed by atoms with Crippen LogP contribution in [-0.2, 0) is 6.42 Å². The lowest BCUT2D eigenvalue weighted by atomic mass is 10.0. The number of nitrogens with zero attached hydrogens (tertiary/aromatic N) is 2. The summed E-state index contributed by atoms with van der Waals surface area (Å²) in [4.78, 5) is 0. The average Bonchev–Trinajstić information content (AvgIpc) is 3.25. The highest BCUT2D eigenvalue weighted by atomic mass is 32.2. The van der Waals surface area contributed by atoms with Gasteiger partial charge in [-0.05, 0) is 23.3 Å². The van der Waals surface area contributed by atoms with Gasteiger partial charge < -0.3 is 10.3 Å². The molecule has 3 aromatic rings. The van der Waals surface area contributed by atoms with Crippen LogP contribution in [0.25, 0.3) is 0 Å². The summed E-state index contributed by atoms with van der Waals surface area (Å²) in [5.74, 6) is 0.935. The Kier molecular flexibility index (Phi) is 4.73. The van der Waals surface area contributed by atoms with Crippen LogP contribution in [0.15, 0.2) is 91.0 Å². The van der Waals surface area contributed by atoms with E-state index in [-0.39, 0.29) is 12.2 Å². The molecule has 5 rings (SSSR count). The molecule has 0 amide bonds. The van der Waals surface area contributed by atoms with E-state index in [9.17, 15) is 5.21 Å². The van der Waals surface area contributed by atoms with E-state index in [1.165, 1.54) is 21.9 Å². The summed E-state index contributed by atoms with van der Waals surface area (Å²) < 4.78 is 0.753. The smallest absolute Gasteiger partial charge is 0.144 e. The number of benzene rings is 3. The molecule has 3 aromatic carbocycles. The van der Waals surface area contributed by atoms with Crippen molar-refractivity contribution in [3.05, 3.63) is 107 Å². The van der Waals surface area contributed by atoms with E-state index in [0.717, 1.165) is 16.8 Å². The van der Waals surface area contributed by atoms with Crippen molar-refractivity contribution >= 4 is 17.4 Å². The Hall–Kier alpha value is -2.11. The van der Waals surface area contributed by atoms with E-state index in [1.807, 2.05) is 17.8 Å². The molecule has 0 aliphatic carbocycles. The second-order valence-corrected chi connectivity index (χ2v) is 8.83. The molecule has 3 nitrogen and oxygen atoms in total. The molecule has 0 spiro atoms. The lowest BCUT2D eigenvalue weighted by Gasteiger charge is -2.42. The van der Waals surface area contributed by atoms with Crippen LogP contribution in [0.4, 0.5) is 5.69 Å². The zero-order valence-electron chi connectivity index (χ0n) is 15.7. The van der Waals surface area contributed by atoms with Crippen LogP contribution in [0.2, 0.25) is 0 Å². The molecule has 0 aromatic heterocycles. The summed E-state index contributed by atoms with van der Waals surface area (Å²) in [6.07, 6.45) is 0.689. The molecule has 0 saturated carbocycles. The average molecular weight is 389 g/mol. The molecule has 2 fully saturated rings. The Balaban J connectivity index is 1.58. The molecule has 0 radical (unpaired) electrons. The van der Waals surface area contributed by atoms with Gasteiger partial charge >= 0.3 is 0 Å². The molecule has 2 saturated heterocycles. The molecule has 142 valence electrons. The first kappa shape index (κ1) is 18.0. The number of hydrogen-bond acceptors (Lipinski definition) is 3. The van der Waals surface area contributed by atoms with Crippen LogP contribution in [0.5, 0.6) is 0 Å². The highest BCUT2D eigenvalue weighted by Gasteiger charge is 2.59. The summed E-state index contributed by atoms with van der Waals surface area (Å²) in [5.41, 5.74) is 3.83. The van der Waals surface area contributed by atoms with Crippen molar-refractivity contribution in [2.24, 2.45) is 0 Å². The third-order valence-electron chi connectivity index (χ3n) is 6.27. The van der Waals surface area contributed by atoms with Crippen molar-refractivity contribution in [1.82, 2.24) is 9.55 Å². The van der Waals surface area contributed by atoms with Gasteiger partial charge in [-0.2, -0.15) is 0 Å². The van der Waals surface area contributed by atoms with Gasteiger partial charge in [0.1, 0.15) is 23.8 Å². The van der Waals surface area contributed by atoms with Crippen LogP contribution in [-0.4, -0.2) is 29.7 Å². The van der Waals surface area contributed by atoms with E-state index < -0.39 is 0 Å². The van der Waals surface area contributed by atoms with Crippen molar-refractivity contribution in [2.75, 3.05) is 12.4 Å². The van der Waals surface area contributed by atoms with Crippen molar-refractivity contribution < 1.29 is 0 Å². The van der Waals surface area contributed by atoms with E-state index in [1.54, 1.807) is 0 Å². The highest BCUT2D eigenvalue weighted by molar-refractivity contribution is 7.99. The SMILES string of the molecule is [O-]N1CC2C(c3ccccc3)SC[N+]2(c2ccccc2)C1Cc1ccccc1. The summed E-state index contributed by atoms with van der Waals surface area (Å²) in [6.45, 7) is 0.582. The Morgan fingerprint density at radius 1 is 0.857 bits per heavy atom. The molecule has 0 N–H and O–H groups in total. The monoisotopic (exact) mass is 388 g/mol. The molecule has 2 aliphatic heterocycles. The first-order chi connectivity index (χ1) is 13.8. The Morgan fingerprint density at radius 3 is 2.14 bits per heavy atom. The minimum absolute atomic E-state index is 0.0870. The summed E-state index contributed by atoms with van der Waals surface area (Å²) >= 11 is 2.00. The van der Waals surface area contributed by atoms with Crippen molar-refractivity contribution in [3.63, 3.8) is 0 Å². The Bertz CT molecular complexity index is 917. The van der Waals surface area contributed by atoms with Crippen LogP contribution in [0, 0.1) is 5.21 Å². The molecule has 4 atom stereocenters. The molecular formula is C24H24N2OS. The number of thioether (sulfide) groups is 1. The molecule has 4 heteroatoms. The van der Waals surface area contributed by atoms with E-state index in [2.05, 4.69) is 84.9 Å². The minimum atomic E-state index is -0.0870. The summed E-state index contributed by atoms with van der Waals surface area (Å²) in [6, 6.07) is 32.1. The third kappa shape index (κ3) is 2.88. The van der Waals surface area contributed by atoms with E-state index in [0.29, 0.717) is 11.8 Å². The van der Waals surface area contributed by atoms with Gasteiger partial charge in [-0.15, -0.1) is 0 Å². The zero-order valence-corrected chi connectivity index (χ0v) is 16.5. The van der Waals surface area contributed by atoms with Gasteiger partial charge in [0.05, 0.1) is 5.25 Å². The third-order valence-corrected chi connectivity index (χ3v) is 7.79. The zero-order chi connectivity index (χ0) is 19.0. The molecular weight excluding hydrogens is 364 g/mol. The molecule has 0 bridgehead atoms. The fourth-order valence-corrected chi connectivity index (χ4v) is 6.73. The van der Waals surface area contributed by atoms with Gasteiger partial charge in [0.15, 0.2) is 0 Å². The van der Waals surface area contributed by atoms with Crippen LogP contribution in [0.1, 0.15) is 16.4 Å². The van der Waals surface area contributed by atoms with Gasteiger partial charge in [-0.1, -0.05) is 90.6 Å². The lowest BCUT2D eigenvalue weighted by Crippen LogP contribution is -2.58. The highest BCUT2D eigenvalue weighted by Crippen LogP contribution is 2.54. The van der Waals surface area contributed by atoms with Gasteiger partial charge in [0.2, 0.25) is 0 Å². The number of rotatable bonds is 4. The van der Waals surface area contributed by atoms with E-state index >= 15 is 0 Å². The van der Waals surface area contributed by atoms with Gasteiger partial charge in [0, 0.05) is 13.0 Å². The topological polar surface area (TPSA) is 26.3 Å². The van der Waals surface area contributed by atoms with E-state index in [4.69, 9.17) is 0 Å². The maximum atomic E-state index is 13.2. The fraction of sp³-hybridized carbons (Fsp3) is 0.250. The Morgan fingerprint density at radius 2 is 1.46 bits per heavy atom. The summed E-state index contributed by atoms with van der Waals surface area (Å²) in [5, 5.41) is 14.9. The maximum Gasteiger partial charge on any atom is 0.144 e. The minimum Gasteiger partial charge on any atom is -0.781 e. The second-order valence-electron chi connectivity index (χ2n) is 7.73. The number of hydrogen-bond donors (Lipinski definition) is 0. The number of para-hydroxylation sites is 1. The molecule has 2 heterocycles. The van der Waals surface area contributed by atoms with Crippen molar-refractivity contribution in [3.8, 4) is 0 Å². The standard InChI is InChI=1S/C24H24N2OS/c27-25-17-22-24(20-12-6-2-7-13-20)28-18-26(22,21-14-8-3-9-15-21)23(25)16-19-10-4-1-5-11-19/h1-15,22-24H,16-18H2. The van der Waals surface area contributed by atoms with Gasteiger partial charge in [-0.25, -0.2) is 0 Å². The molecule has 4 unspecified atom stereocenters. The van der Waals surface area contributed by atoms with Gasteiger partial charge in [0.25, 0.3) is 0 Å². The maximum absolute atomic E-state index is 13.2. The number of hydroxylamine groups is 2. The molecule has 2 aliphatic rings. The predicted octanol–water partition coefficient (Wildman–Crippen LogP) is 5.19. The van der Waals surface area contributed by atoms with Crippen molar-refractivity contribution in [2.45, 2.75) is 23.9 Å². The largest absolute Gasteiger partial charge is 0.781 e. The van der Waals surface area contributed by atoms with Crippen LogP contribution >= 0.6 is 11.8 Å². The van der Waals surface area contributed by atoms with Crippen molar-refractivity contribution in [1.29, 1.82) is 0 Å². The lowest BCUT2D eigenvalue weighted by molar-refractivity contribution is 0.183. The van der Waals surface area contributed by atoms with Gasteiger partial charge in [-0.3, -0.25) is 4.48 Å². The predicted molar refractivity (Wildman–Crippen MR) is 118 cm³/mol. The quantitative estimate of drug-likeness (QED) is 0.575. The van der Waals surface area contributed by atoms with Crippen LogP contribution < -0.4 is 4.48 Å². The number of fused-ring (bicyclic) bond motifs is 1. The summed E-state index contributed by atoms with van der Waals surface area (Å²) in [7, 11) is 0.